The standard InChI is InChI=1S/C31H60O3Si3/c1-15-16-17-19-25(33-37(13,14)30(5,6)7)20-21-26-27(29(2,3)4)24-28(32)31(26,34-35(8)9)22-18-23-36(10,11)12/h20-21,25-27,35H,15-17,19,22,24H2,1-14H3/t25-,26+,27+,31+/m0/s1. The van der Waals surface area contributed by atoms with E-state index in [2.05, 4.69) is 118 Å². The Labute approximate surface area is 234 Å². The first-order valence-electron chi connectivity index (χ1n) is 14.7. The average Bonchev–Trinajstić information content (AvgIpc) is 2.95. The van der Waals surface area contributed by atoms with Gasteiger partial charge in [0.2, 0.25) is 0 Å². The van der Waals surface area contributed by atoms with Gasteiger partial charge < -0.3 is 8.85 Å². The summed E-state index contributed by atoms with van der Waals surface area (Å²) in [5.74, 6) is 3.95. The van der Waals surface area contributed by atoms with Gasteiger partial charge in [-0.15, -0.1) is 11.5 Å². The molecule has 0 aromatic heterocycles. The number of unbranched alkanes of at least 4 members (excludes halogenated alkanes) is 2. The summed E-state index contributed by atoms with van der Waals surface area (Å²) >= 11 is 0. The highest BCUT2D eigenvalue weighted by atomic mass is 28.4. The van der Waals surface area contributed by atoms with Crippen molar-refractivity contribution in [3.63, 3.8) is 0 Å². The van der Waals surface area contributed by atoms with Crippen LogP contribution >= 0.6 is 0 Å². The Morgan fingerprint density at radius 3 is 2.14 bits per heavy atom. The molecule has 1 saturated carbocycles. The number of Topliss-reactive ketones (excluding diaryl/α,β-unsaturated/α-hetero) is 1. The van der Waals surface area contributed by atoms with E-state index in [0.717, 1.165) is 12.8 Å². The molecule has 1 aliphatic rings. The molecule has 1 aliphatic carbocycles. The quantitative estimate of drug-likeness (QED) is 0.109. The lowest BCUT2D eigenvalue weighted by Gasteiger charge is -2.40. The van der Waals surface area contributed by atoms with E-state index in [1.54, 1.807) is 0 Å². The Morgan fingerprint density at radius 2 is 1.68 bits per heavy atom. The Bertz CT molecular complexity index is 831. The van der Waals surface area contributed by atoms with E-state index in [0.29, 0.717) is 12.8 Å². The van der Waals surface area contributed by atoms with Crippen molar-refractivity contribution in [3.05, 3.63) is 12.2 Å². The highest BCUT2D eigenvalue weighted by molar-refractivity contribution is 6.83. The van der Waals surface area contributed by atoms with Crippen molar-refractivity contribution in [2.75, 3.05) is 0 Å². The summed E-state index contributed by atoms with van der Waals surface area (Å²) in [5.41, 5.74) is 2.69. The molecule has 0 radical (unpaired) electrons. The van der Waals surface area contributed by atoms with Crippen molar-refractivity contribution in [2.45, 2.75) is 150 Å². The normalized spacial score (nSPS) is 24.6. The zero-order valence-electron chi connectivity index (χ0n) is 26.9. The third kappa shape index (κ3) is 10.2. The molecule has 0 unspecified atom stereocenters. The first-order chi connectivity index (χ1) is 16.7. The molecule has 0 N–H and O–H groups in total. The van der Waals surface area contributed by atoms with E-state index in [4.69, 9.17) is 8.85 Å². The van der Waals surface area contributed by atoms with Gasteiger partial charge >= 0.3 is 0 Å². The fourth-order valence-electron chi connectivity index (χ4n) is 5.00. The average molecular weight is 565 g/mol. The zero-order chi connectivity index (χ0) is 28.9. The fourth-order valence-corrected chi connectivity index (χ4v) is 8.14. The van der Waals surface area contributed by atoms with Gasteiger partial charge in [0.05, 0.1) is 6.10 Å². The number of rotatable bonds is 11. The van der Waals surface area contributed by atoms with Crippen molar-refractivity contribution in [1.29, 1.82) is 0 Å². The summed E-state index contributed by atoms with van der Waals surface area (Å²) in [5, 5.41) is 0.156. The summed E-state index contributed by atoms with van der Waals surface area (Å²) in [6.45, 7) is 31.8. The largest absolute Gasteiger partial charge is 0.411 e. The lowest BCUT2D eigenvalue weighted by Crippen LogP contribution is -2.47. The van der Waals surface area contributed by atoms with Crippen LogP contribution in [0.5, 0.6) is 0 Å². The molecular formula is C31H60O3Si3. The highest BCUT2D eigenvalue weighted by Crippen LogP contribution is 2.51. The molecule has 214 valence electrons. The van der Waals surface area contributed by atoms with Crippen LogP contribution in [0.25, 0.3) is 0 Å². The molecule has 0 spiro atoms. The van der Waals surface area contributed by atoms with Crippen molar-refractivity contribution in [3.8, 4) is 11.5 Å². The molecule has 1 fully saturated rings. The van der Waals surface area contributed by atoms with Gasteiger partial charge in [0.1, 0.15) is 13.7 Å². The molecule has 0 aromatic carbocycles. The lowest BCUT2D eigenvalue weighted by molar-refractivity contribution is -0.132. The summed E-state index contributed by atoms with van der Waals surface area (Å²) in [6.07, 6.45) is 10.4. The molecule has 37 heavy (non-hydrogen) atoms. The van der Waals surface area contributed by atoms with E-state index in [-0.39, 0.29) is 34.2 Å². The molecule has 0 aliphatic heterocycles. The number of hydrogen-bond acceptors (Lipinski definition) is 3. The first-order valence-corrected chi connectivity index (χ1v) is 23.9. The van der Waals surface area contributed by atoms with Crippen molar-refractivity contribution in [1.82, 2.24) is 0 Å². The molecule has 6 heteroatoms. The van der Waals surface area contributed by atoms with Gasteiger partial charge in [0.25, 0.3) is 0 Å². The van der Waals surface area contributed by atoms with E-state index >= 15 is 0 Å². The Hall–Kier alpha value is -0.459. The molecule has 0 heterocycles. The third-order valence-electron chi connectivity index (χ3n) is 8.10. The van der Waals surface area contributed by atoms with Crippen LogP contribution in [-0.2, 0) is 13.6 Å². The SMILES string of the molecule is CCCCC[C@@H](C=C[C@@H]1[C@H](C(C)(C)C)CC(=O)[C@]1(CC#C[Si](C)(C)C)O[SiH](C)C)O[Si](C)(C)C(C)(C)C. The number of carbonyl (C=O) groups is 1. The van der Waals surface area contributed by atoms with Gasteiger partial charge in [-0.05, 0) is 49.0 Å². The maximum atomic E-state index is 13.9. The third-order valence-corrected chi connectivity index (χ3v) is 14.4. The maximum absolute atomic E-state index is 13.9. The smallest absolute Gasteiger partial charge is 0.192 e. The Morgan fingerprint density at radius 1 is 1.08 bits per heavy atom. The van der Waals surface area contributed by atoms with Gasteiger partial charge in [0, 0.05) is 18.8 Å². The van der Waals surface area contributed by atoms with Gasteiger partial charge in [-0.3, -0.25) is 4.79 Å². The molecule has 1 rings (SSSR count). The van der Waals surface area contributed by atoms with Crippen LogP contribution < -0.4 is 0 Å². The van der Waals surface area contributed by atoms with Crippen LogP contribution in [0.15, 0.2) is 12.2 Å². The molecule has 0 saturated heterocycles. The number of ketones is 1. The molecule has 3 nitrogen and oxygen atoms in total. The molecular weight excluding hydrogens is 505 g/mol. The zero-order valence-corrected chi connectivity index (χ0v) is 30.1. The Kier molecular flexibility index (Phi) is 12.4. The van der Waals surface area contributed by atoms with E-state index in [9.17, 15) is 4.79 Å². The molecule has 0 bridgehead atoms. The van der Waals surface area contributed by atoms with Crippen LogP contribution in [0.2, 0.25) is 50.9 Å². The summed E-state index contributed by atoms with van der Waals surface area (Å²) in [7, 11) is -4.98. The number of hydrogen-bond donors (Lipinski definition) is 0. The van der Waals surface area contributed by atoms with Gasteiger partial charge in [-0.25, -0.2) is 0 Å². The predicted molar refractivity (Wildman–Crippen MR) is 170 cm³/mol. The van der Waals surface area contributed by atoms with Crippen LogP contribution in [0, 0.1) is 28.7 Å². The van der Waals surface area contributed by atoms with Crippen LogP contribution in [0.4, 0.5) is 0 Å². The van der Waals surface area contributed by atoms with Crippen LogP contribution in [-0.4, -0.2) is 42.9 Å². The second-order valence-corrected chi connectivity index (χ2v) is 27.0. The molecule has 0 amide bonds. The van der Waals surface area contributed by atoms with Crippen LogP contribution in [0.1, 0.15) is 87.0 Å². The lowest BCUT2D eigenvalue weighted by atomic mass is 9.71. The van der Waals surface area contributed by atoms with Crippen LogP contribution in [0.3, 0.4) is 0 Å². The van der Waals surface area contributed by atoms with Crippen molar-refractivity contribution < 1.29 is 13.6 Å². The second kappa shape index (κ2) is 13.3. The summed E-state index contributed by atoms with van der Waals surface area (Å²) in [4.78, 5) is 13.9. The monoisotopic (exact) mass is 564 g/mol. The van der Waals surface area contributed by atoms with Crippen molar-refractivity contribution in [2.24, 2.45) is 17.3 Å². The van der Waals surface area contributed by atoms with Gasteiger partial charge in [-0.1, -0.05) is 99.5 Å². The fraction of sp³-hybridized carbons (Fsp3) is 0.839. The van der Waals surface area contributed by atoms with Crippen molar-refractivity contribution >= 4 is 31.2 Å². The van der Waals surface area contributed by atoms with Gasteiger partial charge in [-0.2, -0.15) is 0 Å². The minimum Gasteiger partial charge on any atom is -0.411 e. The second-order valence-electron chi connectivity index (χ2n) is 15.2. The summed E-state index contributed by atoms with van der Waals surface area (Å²) in [6, 6.07) is 0. The minimum absolute atomic E-state index is 0.00148. The van der Waals surface area contributed by atoms with E-state index in [1.165, 1.54) is 12.8 Å². The minimum atomic E-state index is -1.94. The Balaban J connectivity index is 3.57. The van der Waals surface area contributed by atoms with E-state index < -0.39 is 31.0 Å². The number of carbonyl (C=O) groups excluding carboxylic acids is 1. The predicted octanol–water partition coefficient (Wildman–Crippen LogP) is 8.77. The molecule has 0 aromatic rings. The summed E-state index contributed by atoms with van der Waals surface area (Å²) < 4.78 is 13.7. The highest BCUT2D eigenvalue weighted by Gasteiger charge is 2.57. The van der Waals surface area contributed by atoms with E-state index in [1.807, 2.05) is 0 Å². The maximum Gasteiger partial charge on any atom is 0.192 e. The first kappa shape index (κ1) is 34.6. The van der Waals surface area contributed by atoms with Gasteiger partial charge in [0.15, 0.2) is 23.1 Å². The topological polar surface area (TPSA) is 35.5 Å². The molecule has 4 atom stereocenters.